The van der Waals surface area contributed by atoms with E-state index in [1.54, 1.807) is 6.08 Å². The SMILES string of the molecule is CCCCC/C=C\C=C\C(=O)CCCCCCCC(=O)O[C@H](COC(=O)CCCCCCCCCCc1oc(CCCCC)c(C)c1C)COP(=O)(O)OCC[N+](C)(C)C. The van der Waals surface area contributed by atoms with E-state index >= 15 is 0 Å². The third-order valence-electron chi connectivity index (χ3n) is 10.7. The van der Waals surface area contributed by atoms with Crippen LogP contribution in [-0.2, 0) is 50.3 Å². The van der Waals surface area contributed by atoms with Gasteiger partial charge < -0.3 is 23.3 Å². The molecule has 0 aliphatic heterocycles. The van der Waals surface area contributed by atoms with Crippen LogP contribution in [0.4, 0.5) is 0 Å². The Hall–Kier alpha value is -2.56. The number of esters is 2. The number of phosphoric acid groups is 1. The number of carbonyl (C=O) groups is 3. The maximum atomic E-state index is 12.7. The molecule has 11 nitrogen and oxygen atoms in total. The van der Waals surface area contributed by atoms with Gasteiger partial charge in [-0.1, -0.05) is 116 Å². The number of ketones is 1. The molecule has 1 unspecified atom stereocenters. The van der Waals surface area contributed by atoms with E-state index in [1.165, 1.54) is 74.7 Å². The van der Waals surface area contributed by atoms with Crippen LogP contribution in [0.2, 0.25) is 0 Å². The third-order valence-corrected chi connectivity index (χ3v) is 11.6. The Morgan fingerprint density at radius 1 is 0.667 bits per heavy atom. The highest BCUT2D eigenvalue weighted by Crippen LogP contribution is 2.43. The molecule has 12 heteroatoms. The van der Waals surface area contributed by atoms with Crippen LogP contribution in [0.3, 0.4) is 0 Å². The quantitative estimate of drug-likeness (QED) is 0.0170. The lowest BCUT2D eigenvalue weighted by Gasteiger charge is -2.24. The number of unbranched alkanes of at least 4 members (excludes halogenated alkanes) is 16. The highest BCUT2D eigenvalue weighted by atomic mass is 31.2. The molecule has 346 valence electrons. The number of phosphoric ester groups is 1. The van der Waals surface area contributed by atoms with Gasteiger partial charge in [-0.05, 0) is 76.0 Å². The Morgan fingerprint density at radius 2 is 1.18 bits per heavy atom. The van der Waals surface area contributed by atoms with E-state index in [0.29, 0.717) is 30.3 Å². The number of rotatable bonds is 39. The van der Waals surface area contributed by atoms with Crippen molar-refractivity contribution >= 4 is 25.5 Å². The van der Waals surface area contributed by atoms with E-state index in [4.69, 9.17) is 22.9 Å². The molecule has 0 aliphatic carbocycles. The minimum Gasteiger partial charge on any atom is -0.466 e. The predicted octanol–water partition coefficient (Wildman–Crippen LogP) is 12.0. The van der Waals surface area contributed by atoms with Crippen molar-refractivity contribution in [2.24, 2.45) is 0 Å². The Kier molecular flexibility index (Phi) is 31.4. The van der Waals surface area contributed by atoms with Crippen LogP contribution in [0.25, 0.3) is 0 Å². The van der Waals surface area contributed by atoms with E-state index in [9.17, 15) is 23.8 Å². The number of likely N-dealkylation sites (N-methyl/N-ethyl adjacent to an activating group) is 1. The van der Waals surface area contributed by atoms with Gasteiger partial charge in [0.2, 0.25) is 0 Å². The molecule has 0 saturated carbocycles. The Labute approximate surface area is 364 Å². The van der Waals surface area contributed by atoms with E-state index in [-0.39, 0.29) is 31.8 Å². The molecule has 1 aromatic heterocycles. The van der Waals surface area contributed by atoms with Gasteiger partial charge in [-0.3, -0.25) is 23.4 Å². The Balaban J connectivity index is 2.37. The van der Waals surface area contributed by atoms with Gasteiger partial charge in [-0.25, -0.2) is 4.57 Å². The molecular weight excluding hydrogens is 781 g/mol. The minimum atomic E-state index is -4.42. The second-order valence-electron chi connectivity index (χ2n) is 17.4. The summed E-state index contributed by atoms with van der Waals surface area (Å²) in [7, 11) is 1.38. The molecule has 0 amide bonds. The van der Waals surface area contributed by atoms with Gasteiger partial charge in [0.15, 0.2) is 11.9 Å². The van der Waals surface area contributed by atoms with Gasteiger partial charge in [0, 0.05) is 32.1 Å². The number of aryl methyl sites for hydroxylation is 2. The van der Waals surface area contributed by atoms with Crippen molar-refractivity contribution in [3.63, 3.8) is 0 Å². The third kappa shape index (κ3) is 30.5. The lowest BCUT2D eigenvalue weighted by Crippen LogP contribution is -2.37. The monoisotopic (exact) mass is 867 g/mol. The van der Waals surface area contributed by atoms with Crippen molar-refractivity contribution in [3.05, 3.63) is 47.0 Å². The first-order chi connectivity index (χ1) is 28.7. The van der Waals surface area contributed by atoms with Crippen LogP contribution in [0.1, 0.15) is 184 Å². The Bertz CT molecular complexity index is 1410. The van der Waals surface area contributed by atoms with Crippen molar-refractivity contribution in [1.29, 1.82) is 0 Å². The van der Waals surface area contributed by atoms with E-state index in [2.05, 4.69) is 33.8 Å². The minimum absolute atomic E-state index is 0.00334. The second kappa shape index (κ2) is 34.0. The molecule has 0 radical (unpaired) electrons. The summed E-state index contributed by atoms with van der Waals surface area (Å²) >= 11 is 0. The number of allylic oxidation sites excluding steroid dienone is 4. The molecular formula is C48H85NO10P+. The van der Waals surface area contributed by atoms with Crippen LogP contribution in [0.5, 0.6) is 0 Å². The van der Waals surface area contributed by atoms with Crippen LogP contribution in [0, 0.1) is 13.8 Å². The average Bonchev–Trinajstić information content (AvgIpc) is 3.46. The van der Waals surface area contributed by atoms with Crippen molar-refractivity contribution < 1.29 is 51.3 Å². The zero-order valence-electron chi connectivity index (χ0n) is 38.9. The number of quaternary nitrogens is 1. The molecule has 1 rings (SSSR count). The molecule has 60 heavy (non-hydrogen) atoms. The summed E-state index contributed by atoms with van der Waals surface area (Å²) in [6, 6.07) is 0. The molecule has 1 aromatic rings. The first-order valence-corrected chi connectivity index (χ1v) is 24.9. The molecule has 0 spiro atoms. The fourth-order valence-electron chi connectivity index (χ4n) is 6.64. The predicted molar refractivity (Wildman–Crippen MR) is 242 cm³/mol. The summed E-state index contributed by atoms with van der Waals surface area (Å²) in [5.41, 5.74) is 2.65. The van der Waals surface area contributed by atoms with Crippen LogP contribution < -0.4 is 0 Å². The lowest BCUT2D eigenvalue weighted by atomic mass is 10.0. The molecule has 0 aliphatic rings. The molecule has 0 saturated heterocycles. The van der Waals surface area contributed by atoms with Crippen LogP contribution in [-0.4, -0.2) is 80.7 Å². The summed E-state index contributed by atoms with van der Waals surface area (Å²) in [6.07, 6.45) is 30.1. The average molecular weight is 867 g/mol. The van der Waals surface area contributed by atoms with Gasteiger partial charge in [0.05, 0.1) is 27.7 Å². The lowest BCUT2D eigenvalue weighted by molar-refractivity contribution is -0.870. The summed E-state index contributed by atoms with van der Waals surface area (Å²) in [6.45, 7) is 8.53. The number of ether oxygens (including phenoxy) is 2. The molecule has 0 bridgehead atoms. The molecule has 1 heterocycles. The first-order valence-electron chi connectivity index (χ1n) is 23.4. The first kappa shape index (κ1) is 55.5. The number of hydrogen-bond acceptors (Lipinski definition) is 9. The number of hydrogen-bond donors (Lipinski definition) is 1. The van der Waals surface area contributed by atoms with E-state index in [0.717, 1.165) is 76.4 Å². The maximum absolute atomic E-state index is 12.7. The fourth-order valence-corrected chi connectivity index (χ4v) is 7.39. The smallest absolute Gasteiger partial charge is 0.466 e. The summed E-state index contributed by atoms with van der Waals surface area (Å²) in [5, 5.41) is 0. The second-order valence-corrected chi connectivity index (χ2v) is 18.9. The normalized spacial score (nSPS) is 13.6. The van der Waals surface area contributed by atoms with Crippen molar-refractivity contribution in [3.8, 4) is 0 Å². The largest absolute Gasteiger partial charge is 0.472 e. The highest BCUT2D eigenvalue weighted by molar-refractivity contribution is 7.47. The van der Waals surface area contributed by atoms with Gasteiger partial charge in [-0.15, -0.1) is 0 Å². The van der Waals surface area contributed by atoms with Gasteiger partial charge >= 0.3 is 19.8 Å². The van der Waals surface area contributed by atoms with Crippen molar-refractivity contribution in [1.82, 2.24) is 0 Å². The van der Waals surface area contributed by atoms with Gasteiger partial charge in [0.25, 0.3) is 0 Å². The molecule has 0 fully saturated rings. The summed E-state index contributed by atoms with van der Waals surface area (Å²) in [4.78, 5) is 47.6. The zero-order valence-corrected chi connectivity index (χ0v) is 39.8. The molecule has 2 atom stereocenters. The van der Waals surface area contributed by atoms with Crippen molar-refractivity contribution in [2.75, 3.05) is 47.5 Å². The van der Waals surface area contributed by atoms with E-state index in [1.807, 2.05) is 33.3 Å². The number of furan rings is 1. The standard InChI is InChI=1S/C48H84NO10P/c1-8-10-12-13-16-20-26-31-43(50)32-27-21-19-24-30-36-48(52)58-44(40-57-60(53,54)56-38-37-49(5,6)7)39-55-47(51)35-29-23-18-15-14-17-22-28-34-46-42(4)41(3)45(59-46)33-25-11-9-2/h16,20,26,31,44H,8-15,17-19,21-25,27-30,32-40H2,1-7H3/p+1/b20-16-,31-26+/t44-/m1/s1. The van der Waals surface area contributed by atoms with Crippen LogP contribution >= 0.6 is 7.82 Å². The highest BCUT2D eigenvalue weighted by Gasteiger charge is 2.27. The fraction of sp³-hybridized carbons (Fsp3) is 0.771. The van der Waals surface area contributed by atoms with Crippen LogP contribution in [0.15, 0.2) is 28.7 Å². The Morgan fingerprint density at radius 3 is 1.77 bits per heavy atom. The number of nitrogens with zero attached hydrogens (tertiary/aromatic N) is 1. The number of carbonyl (C=O) groups excluding carboxylic acids is 3. The summed E-state index contributed by atoms with van der Waals surface area (Å²) in [5.74, 6) is 1.53. The maximum Gasteiger partial charge on any atom is 0.472 e. The summed E-state index contributed by atoms with van der Waals surface area (Å²) < 4.78 is 40.5. The zero-order chi connectivity index (χ0) is 44.5. The molecule has 0 aromatic carbocycles. The van der Waals surface area contributed by atoms with Gasteiger partial charge in [0.1, 0.15) is 31.3 Å². The topological polar surface area (TPSA) is 139 Å². The van der Waals surface area contributed by atoms with E-state index < -0.39 is 32.5 Å². The molecule has 1 N–H and O–H groups in total. The van der Waals surface area contributed by atoms with Crippen molar-refractivity contribution in [2.45, 2.75) is 194 Å². The van der Waals surface area contributed by atoms with Gasteiger partial charge in [-0.2, -0.15) is 0 Å².